The van der Waals surface area contributed by atoms with E-state index in [-0.39, 0.29) is 26.3 Å². The predicted octanol–water partition coefficient (Wildman–Crippen LogP) is 4.39. The topological polar surface area (TPSA) is 94.8 Å². The molecule has 32 heavy (non-hydrogen) atoms. The number of methoxy groups -OCH3 is 1. The molecule has 0 saturated carbocycles. The number of hydrogen-bond acceptors (Lipinski definition) is 7. The van der Waals surface area contributed by atoms with Gasteiger partial charge in [0.05, 0.1) is 25.2 Å². The van der Waals surface area contributed by atoms with Crippen LogP contribution in [0.3, 0.4) is 0 Å². The molecule has 0 fully saturated rings. The number of ether oxygens (including phenoxy) is 2. The molecular formula is C21H22F3N3O5. The minimum atomic E-state index is -4.95. The van der Waals surface area contributed by atoms with Crippen molar-refractivity contribution in [1.82, 2.24) is 4.98 Å². The first-order chi connectivity index (χ1) is 15.2. The van der Waals surface area contributed by atoms with E-state index >= 15 is 0 Å². The normalized spacial score (nSPS) is 11.1. The van der Waals surface area contributed by atoms with E-state index in [1.54, 1.807) is 0 Å². The summed E-state index contributed by atoms with van der Waals surface area (Å²) in [6.45, 7) is 3.94. The summed E-state index contributed by atoms with van der Waals surface area (Å²) in [5.74, 6) is -1.83. The molecule has 0 aliphatic carbocycles. The maximum Gasteiger partial charge on any atom is 0.420 e. The number of hydrogen-bond donors (Lipinski definition) is 0. The molecule has 172 valence electrons. The first-order valence-corrected chi connectivity index (χ1v) is 9.51. The third kappa shape index (κ3) is 6.51. The van der Waals surface area contributed by atoms with Crippen molar-refractivity contribution in [3.05, 3.63) is 76.0 Å². The Balaban J connectivity index is 2.39. The summed E-state index contributed by atoms with van der Waals surface area (Å²) >= 11 is 0. The van der Waals surface area contributed by atoms with Gasteiger partial charge in [-0.25, -0.2) is 9.78 Å². The molecule has 0 aliphatic rings. The molecular weight excluding hydrogens is 431 g/mol. The van der Waals surface area contributed by atoms with E-state index in [0.717, 1.165) is 12.7 Å². The number of benzene rings is 1. The fourth-order valence-electron chi connectivity index (χ4n) is 2.84. The van der Waals surface area contributed by atoms with E-state index < -0.39 is 39.8 Å². The number of halogens is 3. The maximum absolute atomic E-state index is 13.7. The van der Waals surface area contributed by atoms with Crippen molar-refractivity contribution in [1.29, 1.82) is 0 Å². The summed E-state index contributed by atoms with van der Waals surface area (Å²) in [5, 5.41) is 11.3. The summed E-state index contributed by atoms with van der Waals surface area (Å²) < 4.78 is 51.3. The first-order valence-electron chi connectivity index (χ1n) is 9.51. The number of nitro groups is 1. The average molecular weight is 453 g/mol. The molecule has 0 spiro atoms. The van der Waals surface area contributed by atoms with Gasteiger partial charge in [0.1, 0.15) is 11.4 Å². The van der Waals surface area contributed by atoms with Crippen LogP contribution < -0.4 is 4.90 Å². The van der Waals surface area contributed by atoms with Crippen molar-refractivity contribution in [2.45, 2.75) is 19.2 Å². The number of carbonyl (C=O) groups is 1. The van der Waals surface area contributed by atoms with Gasteiger partial charge in [0.2, 0.25) is 5.69 Å². The van der Waals surface area contributed by atoms with Crippen molar-refractivity contribution in [3.63, 3.8) is 0 Å². The van der Waals surface area contributed by atoms with Gasteiger partial charge >= 0.3 is 17.8 Å². The zero-order chi connectivity index (χ0) is 23.7. The van der Waals surface area contributed by atoms with Crippen LogP contribution in [-0.2, 0) is 22.3 Å². The van der Waals surface area contributed by atoms with Crippen LogP contribution in [0.5, 0.6) is 0 Å². The van der Waals surface area contributed by atoms with E-state index in [1.165, 1.54) is 11.0 Å². The Morgan fingerprint density at radius 1 is 1.28 bits per heavy atom. The molecule has 0 amide bonds. The standard InChI is InChI=1S/C21H22F3N3O5/c1-3-4-10-26(11-12-32-14-15-8-6-5-7-9-15)19-16(21(22,23)24)13-17(27(29)30)18(25-19)20(28)31-2/h3,5-9,13H,1,4,10-12,14H2,2H3. The Hall–Kier alpha value is -3.47. The zero-order valence-corrected chi connectivity index (χ0v) is 17.3. The van der Waals surface area contributed by atoms with Crippen molar-refractivity contribution in [2.24, 2.45) is 0 Å². The fourth-order valence-corrected chi connectivity index (χ4v) is 2.84. The Morgan fingerprint density at radius 2 is 1.97 bits per heavy atom. The van der Waals surface area contributed by atoms with Gasteiger partial charge < -0.3 is 14.4 Å². The number of carbonyl (C=O) groups excluding carboxylic acids is 1. The molecule has 2 rings (SSSR count). The van der Waals surface area contributed by atoms with Crippen LogP contribution in [0.2, 0.25) is 0 Å². The largest absolute Gasteiger partial charge is 0.464 e. The van der Waals surface area contributed by atoms with Gasteiger partial charge in [0.15, 0.2) is 0 Å². The molecule has 0 aliphatic heterocycles. The average Bonchev–Trinajstić information content (AvgIpc) is 2.77. The molecule has 1 aromatic carbocycles. The molecule has 8 nitrogen and oxygen atoms in total. The number of aromatic nitrogens is 1. The number of esters is 1. The van der Waals surface area contributed by atoms with Crippen molar-refractivity contribution >= 4 is 17.5 Å². The van der Waals surface area contributed by atoms with Gasteiger partial charge in [0.25, 0.3) is 0 Å². The van der Waals surface area contributed by atoms with Crippen molar-refractivity contribution in [3.8, 4) is 0 Å². The summed E-state index contributed by atoms with van der Waals surface area (Å²) in [6.07, 6.45) is -3.13. The number of nitrogens with zero attached hydrogens (tertiary/aromatic N) is 3. The molecule has 0 unspecified atom stereocenters. The first kappa shape index (κ1) is 24.8. The lowest BCUT2D eigenvalue weighted by molar-refractivity contribution is -0.385. The van der Waals surface area contributed by atoms with Gasteiger partial charge in [-0.15, -0.1) is 6.58 Å². The highest BCUT2D eigenvalue weighted by molar-refractivity contribution is 5.92. The number of pyridine rings is 1. The highest BCUT2D eigenvalue weighted by atomic mass is 19.4. The van der Waals surface area contributed by atoms with Crippen LogP contribution in [0.4, 0.5) is 24.7 Å². The fraction of sp³-hybridized carbons (Fsp3) is 0.333. The highest BCUT2D eigenvalue weighted by Crippen LogP contribution is 2.39. The summed E-state index contributed by atoms with van der Waals surface area (Å²) in [4.78, 5) is 27.1. The number of rotatable bonds is 11. The van der Waals surface area contributed by atoms with Gasteiger partial charge in [-0.2, -0.15) is 13.2 Å². The maximum atomic E-state index is 13.7. The second-order valence-corrected chi connectivity index (χ2v) is 6.58. The molecule has 11 heteroatoms. The van der Waals surface area contributed by atoms with Crippen molar-refractivity contribution < 1.29 is 32.4 Å². The summed E-state index contributed by atoms with van der Waals surface area (Å²) in [5.41, 5.74) is -2.34. The van der Waals surface area contributed by atoms with Crippen LogP contribution >= 0.6 is 0 Å². The lowest BCUT2D eigenvalue weighted by Gasteiger charge is -2.26. The molecule has 0 saturated heterocycles. The van der Waals surface area contributed by atoms with Crippen LogP contribution in [0.25, 0.3) is 0 Å². The third-order valence-electron chi connectivity index (χ3n) is 4.38. The lowest BCUT2D eigenvalue weighted by Crippen LogP contribution is -2.32. The second-order valence-electron chi connectivity index (χ2n) is 6.58. The van der Waals surface area contributed by atoms with Gasteiger partial charge in [-0.05, 0) is 12.0 Å². The number of alkyl halides is 3. The van der Waals surface area contributed by atoms with E-state index in [1.807, 2.05) is 30.3 Å². The quantitative estimate of drug-likeness (QED) is 0.164. The monoisotopic (exact) mass is 453 g/mol. The second kappa shape index (κ2) is 11.2. The van der Waals surface area contributed by atoms with Gasteiger partial charge in [0, 0.05) is 19.2 Å². The smallest absolute Gasteiger partial charge is 0.420 e. The minimum absolute atomic E-state index is 0.00478. The van der Waals surface area contributed by atoms with E-state index in [9.17, 15) is 28.1 Å². The van der Waals surface area contributed by atoms with Crippen molar-refractivity contribution in [2.75, 3.05) is 31.7 Å². The van der Waals surface area contributed by atoms with E-state index in [0.29, 0.717) is 12.5 Å². The molecule has 0 N–H and O–H groups in total. The van der Waals surface area contributed by atoms with Crippen LogP contribution in [0.1, 0.15) is 28.0 Å². The Bertz CT molecular complexity index is 952. The highest BCUT2D eigenvalue weighted by Gasteiger charge is 2.40. The molecule has 2 aromatic rings. The predicted molar refractivity (Wildman–Crippen MR) is 110 cm³/mol. The lowest BCUT2D eigenvalue weighted by atomic mass is 10.1. The Kier molecular flexibility index (Phi) is 8.71. The summed E-state index contributed by atoms with van der Waals surface area (Å²) in [6, 6.07) is 9.51. The van der Waals surface area contributed by atoms with Gasteiger partial charge in [-0.3, -0.25) is 10.1 Å². The van der Waals surface area contributed by atoms with Crippen LogP contribution in [0, 0.1) is 10.1 Å². The molecule has 0 radical (unpaired) electrons. The zero-order valence-electron chi connectivity index (χ0n) is 17.3. The Labute approximate surface area is 182 Å². The van der Waals surface area contributed by atoms with E-state index in [2.05, 4.69) is 16.3 Å². The SMILES string of the molecule is C=CCCN(CCOCc1ccccc1)c1nc(C(=O)OC)c([N+](=O)[O-])cc1C(F)(F)F. The van der Waals surface area contributed by atoms with E-state index in [4.69, 9.17) is 4.74 Å². The minimum Gasteiger partial charge on any atom is -0.464 e. The van der Waals surface area contributed by atoms with Crippen LogP contribution in [0.15, 0.2) is 49.1 Å². The Morgan fingerprint density at radius 3 is 2.53 bits per heavy atom. The number of anilines is 1. The summed E-state index contributed by atoms with van der Waals surface area (Å²) in [7, 11) is 0.956. The third-order valence-corrected chi connectivity index (χ3v) is 4.38. The molecule has 1 aromatic heterocycles. The van der Waals surface area contributed by atoms with Gasteiger partial charge in [-0.1, -0.05) is 36.4 Å². The molecule has 0 atom stereocenters. The van der Waals surface area contributed by atoms with Crippen LogP contribution in [-0.4, -0.2) is 42.7 Å². The molecule has 0 bridgehead atoms. The molecule has 1 heterocycles.